The molecule has 0 spiro atoms. The Morgan fingerprint density at radius 2 is 2.00 bits per heavy atom. The van der Waals surface area contributed by atoms with Crippen LogP contribution in [0.25, 0.3) is 0 Å². The fourth-order valence-corrected chi connectivity index (χ4v) is 4.08. The number of fused-ring (bicyclic) bond motifs is 2. The summed E-state index contributed by atoms with van der Waals surface area (Å²) in [5.41, 5.74) is 6.36. The standard InChI is InChI=1S/C21H22N2O2/c1-12-6-8-15-14(10-12)7-9-17(15)23-21(25)16-11-13(2)22-18-4-3-5-19(24)20(16)18/h6,8,10-11,17H,3-5,7,9H2,1-2H3,(H,23,25). The number of aromatic nitrogens is 1. The van der Waals surface area contributed by atoms with Gasteiger partial charge in [0.05, 0.1) is 22.9 Å². The van der Waals surface area contributed by atoms with E-state index < -0.39 is 0 Å². The smallest absolute Gasteiger partial charge is 0.252 e. The molecule has 2 aromatic rings. The molecule has 4 rings (SSSR count). The summed E-state index contributed by atoms with van der Waals surface area (Å²) in [6.07, 6.45) is 3.98. The van der Waals surface area contributed by atoms with Crippen molar-refractivity contribution in [2.75, 3.05) is 0 Å². The van der Waals surface area contributed by atoms with Crippen molar-refractivity contribution in [2.45, 2.75) is 52.0 Å². The molecule has 1 aromatic heterocycles. The van der Waals surface area contributed by atoms with Crippen molar-refractivity contribution in [3.8, 4) is 0 Å². The molecule has 1 atom stereocenters. The van der Waals surface area contributed by atoms with Crippen LogP contribution in [0.5, 0.6) is 0 Å². The second-order valence-corrected chi connectivity index (χ2v) is 7.18. The maximum atomic E-state index is 13.0. The summed E-state index contributed by atoms with van der Waals surface area (Å²) in [5.74, 6) is -0.114. The van der Waals surface area contributed by atoms with Gasteiger partial charge >= 0.3 is 0 Å². The summed E-state index contributed by atoms with van der Waals surface area (Å²) in [6, 6.07) is 8.17. The zero-order chi connectivity index (χ0) is 17.6. The number of ketones is 1. The van der Waals surface area contributed by atoms with Gasteiger partial charge in [0, 0.05) is 12.1 Å². The number of carbonyl (C=O) groups is 2. The first kappa shape index (κ1) is 16.0. The van der Waals surface area contributed by atoms with Crippen LogP contribution in [0.15, 0.2) is 24.3 Å². The molecule has 25 heavy (non-hydrogen) atoms. The molecule has 0 aliphatic heterocycles. The molecule has 2 aliphatic rings. The molecule has 1 heterocycles. The molecule has 1 aromatic carbocycles. The van der Waals surface area contributed by atoms with Crippen molar-refractivity contribution in [1.29, 1.82) is 0 Å². The van der Waals surface area contributed by atoms with Gasteiger partial charge in [-0.1, -0.05) is 23.8 Å². The van der Waals surface area contributed by atoms with Gasteiger partial charge in [0.2, 0.25) is 0 Å². The number of nitrogens with one attached hydrogen (secondary N) is 1. The van der Waals surface area contributed by atoms with Crippen molar-refractivity contribution in [2.24, 2.45) is 0 Å². The summed E-state index contributed by atoms with van der Waals surface area (Å²) in [5, 5.41) is 3.15. The number of nitrogens with zero attached hydrogens (tertiary/aromatic N) is 1. The lowest BCUT2D eigenvalue weighted by Gasteiger charge is -2.20. The third-order valence-corrected chi connectivity index (χ3v) is 5.24. The molecule has 1 amide bonds. The second kappa shape index (κ2) is 6.10. The molecule has 1 N–H and O–H groups in total. The highest BCUT2D eigenvalue weighted by Crippen LogP contribution is 2.32. The van der Waals surface area contributed by atoms with E-state index in [1.165, 1.54) is 16.7 Å². The number of hydrogen-bond donors (Lipinski definition) is 1. The summed E-state index contributed by atoms with van der Waals surface area (Å²) < 4.78 is 0. The van der Waals surface area contributed by atoms with E-state index in [9.17, 15) is 9.59 Å². The number of amides is 1. The Morgan fingerprint density at radius 3 is 2.84 bits per heavy atom. The average Bonchev–Trinajstić information content (AvgIpc) is 2.96. The Labute approximate surface area is 147 Å². The first-order valence-corrected chi connectivity index (χ1v) is 8.97. The Bertz CT molecular complexity index is 886. The summed E-state index contributed by atoms with van der Waals surface area (Å²) >= 11 is 0. The highest BCUT2D eigenvalue weighted by Gasteiger charge is 2.29. The van der Waals surface area contributed by atoms with Crippen LogP contribution in [0.4, 0.5) is 0 Å². The topological polar surface area (TPSA) is 59.1 Å². The third kappa shape index (κ3) is 2.86. The molecular formula is C21H22N2O2. The predicted molar refractivity (Wildman–Crippen MR) is 95.9 cm³/mol. The predicted octanol–water partition coefficient (Wildman–Crippen LogP) is 3.63. The van der Waals surface area contributed by atoms with Crippen molar-refractivity contribution in [1.82, 2.24) is 10.3 Å². The number of rotatable bonds is 2. The van der Waals surface area contributed by atoms with E-state index in [0.717, 1.165) is 37.1 Å². The van der Waals surface area contributed by atoms with Gasteiger partial charge in [-0.3, -0.25) is 14.6 Å². The zero-order valence-corrected chi connectivity index (χ0v) is 14.7. The molecule has 2 aliphatic carbocycles. The van der Waals surface area contributed by atoms with Crippen LogP contribution >= 0.6 is 0 Å². The van der Waals surface area contributed by atoms with E-state index in [2.05, 4.69) is 35.4 Å². The summed E-state index contributed by atoms with van der Waals surface area (Å²) in [6.45, 7) is 3.97. The van der Waals surface area contributed by atoms with Crippen LogP contribution < -0.4 is 5.32 Å². The van der Waals surface area contributed by atoms with Crippen molar-refractivity contribution in [3.63, 3.8) is 0 Å². The van der Waals surface area contributed by atoms with Crippen molar-refractivity contribution in [3.05, 3.63) is 63.5 Å². The lowest BCUT2D eigenvalue weighted by molar-refractivity contribution is 0.0914. The minimum absolute atomic E-state index is 0.0194. The molecule has 0 saturated heterocycles. The summed E-state index contributed by atoms with van der Waals surface area (Å²) in [4.78, 5) is 29.8. The molecule has 4 heteroatoms. The van der Waals surface area contributed by atoms with Crippen molar-refractivity contribution >= 4 is 11.7 Å². The van der Waals surface area contributed by atoms with Gasteiger partial charge < -0.3 is 5.32 Å². The second-order valence-electron chi connectivity index (χ2n) is 7.18. The van der Waals surface area contributed by atoms with Crippen LogP contribution in [0.1, 0.15) is 74.1 Å². The number of Topliss-reactive ketones (excluding diaryl/α,β-unsaturated/α-hetero) is 1. The van der Waals surface area contributed by atoms with Gasteiger partial charge in [0.1, 0.15) is 0 Å². The van der Waals surface area contributed by atoms with E-state index in [1.54, 1.807) is 6.07 Å². The van der Waals surface area contributed by atoms with Gasteiger partial charge in [-0.15, -0.1) is 0 Å². The van der Waals surface area contributed by atoms with Crippen LogP contribution in [-0.2, 0) is 12.8 Å². The zero-order valence-electron chi connectivity index (χ0n) is 14.7. The fourth-order valence-electron chi connectivity index (χ4n) is 4.08. The molecule has 0 fully saturated rings. The number of pyridine rings is 1. The first-order valence-electron chi connectivity index (χ1n) is 8.97. The highest BCUT2D eigenvalue weighted by atomic mass is 16.2. The van der Waals surface area contributed by atoms with Crippen molar-refractivity contribution < 1.29 is 9.59 Å². The van der Waals surface area contributed by atoms with E-state index >= 15 is 0 Å². The third-order valence-electron chi connectivity index (χ3n) is 5.24. The Hall–Kier alpha value is -2.49. The quantitative estimate of drug-likeness (QED) is 0.912. The number of carbonyl (C=O) groups excluding carboxylic acids is 2. The normalized spacial score (nSPS) is 18.6. The van der Waals surface area contributed by atoms with E-state index in [-0.39, 0.29) is 17.7 Å². The highest BCUT2D eigenvalue weighted by molar-refractivity contribution is 6.09. The summed E-state index contributed by atoms with van der Waals surface area (Å²) in [7, 11) is 0. The van der Waals surface area contributed by atoms with E-state index in [0.29, 0.717) is 17.5 Å². The van der Waals surface area contributed by atoms with E-state index in [4.69, 9.17) is 0 Å². The maximum absolute atomic E-state index is 13.0. The van der Waals surface area contributed by atoms with Gasteiger partial charge in [-0.05, 0) is 56.7 Å². The lowest BCUT2D eigenvalue weighted by atomic mass is 9.90. The molecule has 1 unspecified atom stereocenters. The monoisotopic (exact) mass is 334 g/mol. The van der Waals surface area contributed by atoms with E-state index in [1.807, 2.05) is 6.92 Å². The Morgan fingerprint density at radius 1 is 1.16 bits per heavy atom. The minimum atomic E-state index is -0.157. The van der Waals surface area contributed by atoms with Gasteiger partial charge in [-0.2, -0.15) is 0 Å². The van der Waals surface area contributed by atoms with Gasteiger partial charge in [-0.25, -0.2) is 0 Å². The molecule has 128 valence electrons. The minimum Gasteiger partial charge on any atom is -0.345 e. The van der Waals surface area contributed by atoms with Crippen LogP contribution in [0.2, 0.25) is 0 Å². The largest absolute Gasteiger partial charge is 0.345 e. The number of aryl methyl sites for hydroxylation is 4. The molecule has 4 nitrogen and oxygen atoms in total. The number of benzene rings is 1. The average molecular weight is 334 g/mol. The molecule has 0 saturated carbocycles. The fraction of sp³-hybridized carbons (Fsp3) is 0.381. The SMILES string of the molecule is Cc1ccc2c(c1)CCC2NC(=O)c1cc(C)nc2c1C(=O)CCC2. The van der Waals surface area contributed by atoms with Gasteiger partial charge in [0.15, 0.2) is 5.78 Å². The van der Waals surface area contributed by atoms with Crippen LogP contribution in [-0.4, -0.2) is 16.7 Å². The van der Waals surface area contributed by atoms with Crippen LogP contribution in [0.3, 0.4) is 0 Å². The lowest BCUT2D eigenvalue weighted by Crippen LogP contribution is -2.30. The van der Waals surface area contributed by atoms with Gasteiger partial charge in [0.25, 0.3) is 5.91 Å². The molecular weight excluding hydrogens is 312 g/mol. The number of hydrogen-bond acceptors (Lipinski definition) is 3. The maximum Gasteiger partial charge on any atom is 0.252 e. The Kier molecular flexibility index (Phi) is 3.91. The molecule has 0 radical (unpaired) electrons. The Balaban J connectivity index is 1.65. The molecule has 0 bridgehead atoms. The van der Waals surface area contributed by atoms with Crippen LogP contribution in [0, 0.1) is 13.8 Å². The first-order chi connectivity index (χ1) is 12.0.